The third-order valence-corrected chi connectivity index (χ3v) is 7.34. The van der Waals surface area contributed by atoms with Crippen LogP contribution < -0.4 is 10.9 Å². The van der Waals surface area contributed by atoms with Crippen molar-refractivity contribution < 1.29 is 4.79 Å². The summed E-state index contributed by atoms with van der Waals surface area (Å²) < 4.78 is 2.04. The molecule has 4 heterocycles. The van der Waals surface area contributed by atoms with E-state index in [1.807, 2.05) is 22.8 Å². The number of likely N-dealkylation sites (tertiary alicyclic amines) is 2. The minimum atomic E-state index is -0.0707. The van der Waals surface area contributed by atoms with Gasteiger partial charge in [0.2, 0.25) is 5.91 Å². The molecular formula is C25H32N4O2. The molecule has 6 nitrogen and oxygen atoms in total. The van der Waals surface area contributed by atoms with Crippen LogP contribution in [0.1, 0.15) is 37.8 Å². The van der Waals surface area contributed by atoms with Crippen molar-refractivity contribution in [1.82, 2.24) is 14.4 Å². The van der Waals surface area contributed by atoms with Gasteiger partial charge >= 0.3 is 0 Å². The van der Waals surface area contributed by atoms with Gasteiger partial charge in [-0.25, -0.2) is 0 Å². The van der Waals surface area contributed by atoms with Crippen molar-refractivity contribution in [3.63, 3.8) is 0 Å². The van der Waals surface area contributed by atoms with Crippen LogP contribution in [0, 0.1) is 5.92 Å². The number of amides is 1. The maximum absolute atomic E-state index is 12.8. The highest BCUT2D eigenvalue weighted by Crippen LogP contribution is 2.41. The second kappa shape index (κ2) is 8.24. The Morgan fingerprint density at radius 1 is 1.00 bits per heavy atom. The van der Waals surface area contributed by atoms with Crippen molar-refractivity contribution in [3.8, 4) is 11.1 Å². The summed E-state index contributed by atoms with van der Waals surface area (Å²) in [7, 11) is 2.22. The Morgan fingerprint density at radius 2 is 1.74 bits per heavy atom. The predicted octanol–water partition coefficient (Wildman–Crippen LogP) is 2.99. The van der Waals surface area contributed by atoms with Crippen LogP contribution in [0.5, 0.6) is 0 Å². The average Bonchev–Trinajstić information content (AvgIpc) is 2.75. The van der Waals surface area contributed by atoms with Crippen molar-refractivity contribution in [1.29, 1.82) is 0 Å². The van der Waals surface area contributed by atoms with E-state index in [1.165, 1.54) is 45.0 Å². The summed E-state index contributed by atoms with van der Waals surface area (Å²) in [4.78, 5) is 29.3. The fraction of sp³-hybridized carbons (Fsp3) is 0.520. The molecule has 2 aromatic rings. The van der Waals surface area contributed by atoms with E-state index < -0.39 is 0 Å². The second-order valence-electron chi connectivity index (χ2n) is 9.63. The summed E-state index contributed by atoms with van der Waals surface area (Å²) in [5.74, 6) is 0.880. The first-order valence-electron chi connectivity index (χ1n) is 11.5. The van der Waals surface area contributed by atoms with E-state index in [0.717, 1.165) is 36.4 Å². The fourth-order valence-corrected chi connectivity index (χ4v) is 5.89. The highest BCUT2D eigenvalue weighted by molar-refractivity contribution is 5.89. The van der Waals surface area contributed by atoms with Crippen LogP contribution in [-0.4, -0.2) is 59.5 Å². The maximum atomic E-state index is 12.8. The smallest absolute Gasteiger partial charge is 0.250 e. The topological polar surface area (TPSA) is 57.6 Å². The minimum Gasteiger partial charge on any atom is -0.326 e. The normalized spacial score (nSPS) is 24.6. The minimum absolute atomic E-state index is 0.0707. The van der Waals surface area contributed by atoms with Gasteiger partial charge < -0.3 is 14.8 Å². The number of nitrogens with zero attached hydrogens (tertiary/aromatic N) is 3. The Balaban J connectivity index is 1.46. The van der Waals surface area contributed by atoms with Gasteiger partial charge in [-0.1, -0.05) is 12.1 Å². The van der Waals surface area contributed by atoms with Crippen LogP contribution in [0.25, 0.3) is 11.1 Å². The number of carbonyl (C=O) groups excluding carboxylic acids is 1. The molecule has 0 spiro atoms. The van der Waals surface area contributed by atoms with E-state index in [-0.39, 0.29) is 11.5 Å². The molecule has 0 radical (unpaired) electrons. The van der Waals surface area contributed by atoms with Crippen LogP contribution in [0.2, 0.25) is 0 Å². The molecule has 164 valence electrons. The molecule has 2 bridgehead atoms. The first kappa shape index (κ1) is 20.5. The fourth-order valence-electron chi connectivity index (χ4n) is 5.89. The maximum Gasteiger partial charge on any atom is 0.250 e. The largest absolute Gasteiger partial charge is 0.326 e. The van der Waals surface area contributed by atoms with Gasteiger partial charge in [0.25, 0.3) is 5.56 Å². The van der Waals surface area contributed by atoms with Crippen LogP contribution in [0.15, 0.2) is 41.2 Å². The lowest BCUT2D eigenvalue weighted by Crippen LogP contribution is -2.53. The molecule has 1 amide bonds. The molecule has 1 aromatic carbocycles. The highest BCUT2D eigenvalue weighted by atomic mass is 16.1. The number of fused-ring (bicyclic) bond motifs is 4. The Labute approximate surface area is 183 Å². The SMILES string of the molecule is CC(=O)Nc1ccc(-c2ccc(=O)n3c2[C@@H]2C[C@@H](CN(C4CCN(C)CC4)C2)C3)cc1. The first-order valence-corrected chi connectivity index (χ1v) is 11.5. The van der Waals surface area contributed by atoms with Gasteiger partial charge in [0.15, 0.2) is 0 Å². The lowest BCUT2D eigenvalue weighted by molar-refractivity contribution is -0.114. The molecule has 0 aliphatic carbocycles. The number of aromatic nitrogens is 1. The van der Waals surface area contributed by atoms with Gasteiger partial charge in [0.05, 0.1) is 0 Å². The molecule has 0 unspecified atom stereocenters. The number of pyridine rings is 1. The van der Waals surface area contributed by atoms with E-state index in [9.17, 15) is 9.59 Å². The Bertz CT molecular complexity index is 1020. The number of carbonyl (C=O) groups is 1. The number of benzene rings is 1. The Kier molecular flexibility index (Phi) is 5.44. The molecule has 3 aliphatic rings. The number of rotatable bonds is 3. The molecule has 3 aliphatic heterocycles. The van der Waals surface area contributed by atoms with Gasteiger partial charge in [-0.3, -0.25) is 14.5 Å². The lowest BCUT2D eigenvalue weighted by Gasteiger charge is -2.47. The second-order valence-corrected chi connectivity index (χ2v) is 9.63. The average molecular weight is 421 g/mol. The molecule has 2 saturated heterocycles. The van der Waals surface area contributed by atoms with Crippen LogP contribution in [0.3, 0.4) is 0 Å². The molecule has 1 N–H and O–H groups in total. The molecule has 31 heavy (non-hydrogen) atoms. The molecule has 0 saturated carbocycles. The van der Waals surface area contributed by atoms with Crippen molar-refractivity contribution in [3.05, 3.63) is 52.4 Å². The number of piperidine rings is 2. The van der Waals surface area contributed by atoms with Crippen molar-refractivity contribution in [2.75, 3.05) is 38.5 Å². The Morgan fingerprint density at radius 3 is 2.45 bits per heavy atom. The van der Waals surface area contributed by atoms with Gasteiger partial charge in [-0.15, -0.1) is 0 Å². The van der Waals surface area contributed by atoms with Gasteiger partial charge in [-0.2, -0.15) is 0 Å². The quantitative estimate of drug-likeness (QED) is 0.829. The van der Waals surface area contributed by atoms with Gasteiger partial charge in [0.1, 0.15) is 0 Å². The van der Waals surface area contributed by atoms with Crippen molar-refractivity contribution >= 4 is 11.6 Å². The molecule has 1 aromatic heterocycles. The molecule has 2 atom stereocenters. The van der Waals surface area contributed by atoms with Crippen LogP contribution in [-0.2, 0) is 11.3 Å². The van der Waals surface area contributed by atoms with Crippen molar-refractivity contribution in [2.24, 2.45) is 5.92 Å². The zero-order chi connectivity index (χ0) is 21.5. The number of hydrogen-bond acceptors (Lipinski definition) is 4. The zero-order valence-electron chi connectivity index (χ0n) is 18.5. The summed E-state index contributed by atoms with van der Waals surface area (Å²) in [6.45, 7) is 6.86. The zero-order valence-corrected chi connectivity index (χ0v) is 18.5. The van der Waals surface area contributed by atoms with Gasteiger partial charge in [0, 0.05) is 61.5 Å². The summed E-state index contributed by atoms with van der Waals surface area (Å²) >= 11 is 0. The standard InChI is InChI=1S/C25H32N4O2/c1-17(30)26-21-5-3-19(4-6-21)23-7-8-24(31)29-15-18-13-20(25(23)29)16-28(14-18)22-9-11-27(2)12-10-22/h3-8,18,20,22H,9-16H2,1-2H3,(H,26,30)/t18-,20+/m0/s1. The summed E-state index contributed by atoms with van der Waals surface area (Å²) in [5, 5.41) is 2.83. The third kappa shape index (κ3) is 4.06. The van der Waals surface area contributed by atoms with Crippen LogP contribution >= 0.6 is 0 Å². The van der Waals surface area contributed by atoms with E-state index in [0.29, 0.717) is 17.9 Å². The molecule has 6 heteroatoms. The summed E-state index contributed by atoms with van der Waals surface area (Å²) in [6.07, 6.45) is 3.66. The number of nitrogens with one attached hydrogen (secondary N) is 1. The molecule has 5 rings (SSSR count). The van der Waals surface area contributed by atoms with Crippen molar-refractivity contribution in [2.45, 2.75) is 44.7 Å². The lowest BCUT2D eigenvalue weighted by atomic mass is 9.79. The monoisotopic (exact) mass is 420 g/mol. The third-order valence-electron chi connectivity index (χ3n) is 7.34. The summed E-state index contributed by atoms with van der Waals surface area (Å²) in [5.41, 5.74) is 4.38. The van der Waals surface area contributed by atoms with E-state index in [4.69, 9.17) is 0 Å². The first-order chi connectivity index (χ1) is 15.0. The van der Waals surface area contributed by atoms with Crippen LogP contribution in [0.4, 0.5) is 5.69 Å². The predicted molar refractivity (Wildman–Crippen MR) is 123 cm³/mol. The van der Waals surface area contributed by atoms with E-state index in [1.54, 1.807) is 6.07 Å². The number of anilines is 1. The van der Waals surface area contributed by atoms with E-state index in [2.05, 4.69) is 34.3 Å². The molecular weight excluding hydrogens is 388 g/mol. The molecule has 2 fully saturated rings. The Hall–Kier alpha value is -2.44. The van der Waals surface area contributed by atoms with E-state index >= 15 is 0 Å². The highest BCUT2D eigenvalue weighted by Gasteiger charge is 2.38. The summed E-state index contributed by atoms with van der Waals surface area (Å²) in [6, 6.07) is 12.4. The number of hydrogen-bond donors (Lipinski definition) is 1. The van der Waals surface area contributed by atoms with Gasteiger partial charge in [-0.05, 0) is 69.1 Å².